The summed E-state index contributed by atoms with van der Waals surface area (Å²) < 4.78 is 0. The normalized spacial score (nSPS) is 17.9. The lowest BCUT2D eigenvalue weighted by Gasteiger charge is -2.27. The van der Waals surface area contributed by atoms with Gasteiger partial charge in [-0.25, -0.2) is 0 Å². The molecule has 1 N–H and O–H groups in total. The van der Waals surface area contributed by atoms with Crippen LogP contribution in [0.3, 0.4) is 0 Å². The number of hydrogen-bond donors (Lipinski definition) is 1. The van der Waals surface area contributed by atoms with E-state index in [1.165, 1.54) is 24.3 Å². The molecule has 90 valence electrons. The fourth-order valence-electron chi connectivity index (χ4n) is 2.27. The maximum absolute atomic E-state index is 3.55. The van der Waals surface area contributed by atoms with Crippen molar-refractivity contribution in [2.75, 3.05) is 13.1 Å². The van der Waals surface area contributed by atoms with E-state index in [-0.39, 0.29) is 0 Å². The third-order valence-electron chi connectivity index (χ3n) is 3.27. The van der Waals surface area contributed by atoms with Crippen LogP contribution in [0, 0.1) is 0 Å². The average Bonchev–Trinajstić information content (AvgIpc) is 2.96. The van der Waals surface area contributed by atoms with Crippen LogP contribution in [-0.4, -0.2) is 30.1 Å². The Labute approximate surface area is 103 Å². The van der Waals surface area contributed by atoms with E-state index in [1.807, 2.05) is 11.3 Å². The number of hydrogen-bond acceptors (Lipinski definition) is 3. The Bertz CT molecular complexity index is 293. The van der Waals surface area contributed by atoms with Crippen molar-refractivity contribution < 1.29 is 0 Å². The quantitative estimate of drug-likeness (QED) is 0.786. The Morgan fingerprint density at radius 1 is 1.56 bits per heavy atom. The summed E-state index contributed by atoms with van der Waals surface area (Å²) in [5.41, 5.74) is 0. The van der Waals surface area contributed by atoms with Gasteiger partial charge in [-0.15, -0.1) is 11.3 Å². The first-order chi connectivity index (χ1) is 7.81. The van der Waals surface area contributed by atoms with Gasteiger partial charge in [0.1, 0.15) is 0 Å². The second-order valence-corrected chi connectivity index (χ2v) is 5.65. The lowest BCUT2D eigenvalue weighted by atomic mass is 10.2. The van der Waals surface area contributed by atoms with Crippen molar-refractivity contribution in [1.29, 1.82) is 0 Å². The van der Waals surface area contributed by atoms with Crippen LogP contribution in [0.25, 0.3) is 0 Å². The monoisotopic (exact) mass is 238 g/mol. The largest absolute Gasteiger partial charge is 0.310 e. The molecule has 0 radical (unpaired) electrons. The van der Waals surface area contributed by atoms with E-state index < -0.39 is 0 Å². The molecule has 1 aromatic heterocycles. The minimum absolute atomic E-state index is 0.664. The van der Waals surface area contributed by atoms with E-state index in [0.29, 0.717) is 6.04 Å². The SMILES string of the molecule is CCN(C(C)CNCc1cccs1)C1CC1. The third-order valence-corrected chi connectivity index (χ3v) is 4.14. The van der Waals surface area contributed by atoms with Crippen molar-refractivity contribution in [3.8, 4) is 0 Å². The molecule has 0 saturated heterocycles. The van der Waals surface area contributed by atoms with Gasteiger partial charge >= 0.3 is 0 Å². The Morgan fingerprint density at radius 3 is 2.94 bits per heavy atom. The highest BCUT2D eigenvalue weighted by atomic mass is 32.1. The van der Waals surface area contributed by atoms with E-state index in [9.17, 15) is 0 Å². The van der Waals surface area contributed by atoms with Gasteiger partial charge in [0.15, 0.2) is 0 Å². The summed E-state index contributed by atoms with van der Waals surface area (Å²) in [6.07, 6.45) is 2.81. The molecule has 1 unspecified atom stereocenters. The Hall–Kier alpha value is -0.380. The van der Waals surface area contributed by atoms with Gasteiger partial charge in [-0.1, -0.05) is 13.0 Å². The number of rotatable bonds is 7. The van der Waals surface area contributed by atoms with Gasteiger partial charge in [0, 0.05) is 30.1 Å². The molecular formula is C13H22N2S. The first-order valence-electron chi connectivity index (χ1n) is 6.30. The third kappa shape index (κ3) is 3.30. The van der Waals surface area contributed by atoms with Crippen LogP contribution in [0.1, 0.15) is 31.6 Å². The highest BCUT2D eigenvalue weighted by Crippen LogP contribution is 2.27. The fourth-order valence-corrected chi connectivity index (χ4v) is 2.95. The maximum atomic E-state index is 3.55. The molecular weight excluding hydrogens is 216 g/mol. The lowest BCUT2D eigenvalue weighted by molar-refractivity contribution is 0.204. The topological polar surface area (TPSA) is 15.3 Å². The molecule has 1 aliphatic carbocycles. The van der Waals surface area contributed by atoms with Crippen molar-refractivity contribution >= 4 is 11.3 Å². The molecule has 3 heteroatoms. The van der Waals surface area contributed by atoms with Gasteiger partial charge in [-0.3, -0.25) is 4.90 Å². The summed E-state index contributed by atoms with van der Waals surface area (Å²) in [4.78, 5) is 4.06. The van der Waals surface area contributed by atoms with Gasteiger partial charge in [0.25, 0.3) is 0 Å². The van der Waals surface area contributed by atoms with Crippen molar-refractivity contribution in [2.24, 2.45) is 0 Å². The van der Waals surface area contributed by atoms with Crippen LogP contribution >= 0.6 is 11.3 Å². The summed E-state index contributed by atoms with van der Waals surface area (Å²) in [5, 5.41) is 5.70. The zero-order chi connectivity index (χ0) is 11.4. The molecule has 1 saturated carbocycles. The lowest BCUT2D eigenvalue weighted by Crippen LogP contribution is -2.41. The number of likely N-dealkylation sites (N-methyl/N-ethyl adjacent to an activating group) is 1. The Kier molecular flexibility index (Phi) is 4.38. The van der Waals surface area contributed by atoms with Crippen molar-refractivity contribution in [3.63, 3.8) is 0 Å². The molecule has 1 atom stereocenters. The van der Waals surface area contributed by atoms with Crippen molar-refractivity contribution in [3.05, 3.63) is 22.4 Å². The summed E-state index contributed by atoms with van der Waals surface area (Å²) in [6.45, 7) is 7.91. The molecule has 2 rings (SSSR count). The van der Waals surface area contributed by atoms with Crippen LogP contribution in [0.4, 0.5) is 0 Å². The summed E-state index contributed by atoms with van der Waals surface area (Å²) >= 11 is 1.83. The second-order valence-electron chi connectivity index (χ2n) is 4.62. The van der Waals surface area contributed by atoms with Gasteiger partial charge in [0.2, 0.25) is 0 Å². The summed E-state index contributed by atoms with van der Waals surface area (Å²) in [7, 11) is 0. The standard InChI is InChI=1S/C13H22N2S/c1-3-15(12-6-7-12)11(2)9-14-10-13-5-4-8-16-13/h4-5,8,11-12,14H,3,6-7,9-10H2,1-2H3. The molecule has 16 heavy (non-hydrogen) atoms. The van der Waals surface area contributed by atoms with Crippen LogP contribution in [0.5, 0.6) is 0 Å². The second kappa shape index (κ2) is 5.80. The zero-order valence-corrected chi connectivity index (χ0v) is 11.1. The molecule has 0 aliphatic heterocycles. The molecule has 0 aromatic carbocycles. The summed E-state index contributed by atoms with van der Waals surface area (Å²) in [6, 6.07) is 5.86. The molecule has 1 aromatic rings. The van der Waals surface area contributed by atoms with Crippen molar-refractivity contribution in [1.82, 2.24) is 10.2 Å². The van der Waals surface area contributed by atoms with Crippen LogP contribution in [-0.2, 0) is 6.54 Å². The van der Waals surface area contributed by atoms with E-state index in [0.717, 1.165) is 19.1 Å². The van der Waals surface area contributed by atoms with E-state index in [2.05, 4.69) is 41.6 Å². The van der Waals surface area contributed by atoms with Gasteiger partial charge in [-0.05, 0) is 37.8 Å². The molecule has 1 fully saturated rings. The Balaban J connectivity index is 1.68. The molecule has 0 spiro atoms. The van der Waals surface area contributed by atoms with E-state index in [4.69, 9.17) is 0 Å². The molecule has 0 amide bonds. The maximum Gasteiger partial charge on any atom is 0.0300 e. The fraction of sp³-hybridized carbons (Fsp3) is 0.692. The molecule has 0 bridgehead atoms. The highest BCUT2D eigenvalue weighted by Gasteiger charge is 2.30. The van der Waals surface area contributed by atoms with Crippen LogP contribution < -0.4 is 5.32 Å². The first-order valence-corrected chi connectivity index (χ1v) is 7.18. The van der Waals surface area contributed by atoms with Gasteiger partial charge in [0.05, 0.1) is 0 Å². The number of nitrogens with zero attached hydrogens (tertiary/aromatic N) is 1. The van der Waals surface area contributed by atoms with E-state index in [1.54, 1.807) is 0 Å². The van der Waals surface area contributed by atoms with Crippen molar-refractivity contribution in [2.45, 2.75) is 45.3 Å². The van der Waals surface area contributed by atoms with Crippen LogP contribution in [0.2, 0.25) is 0 Å². The number of thiophene rings is 1. The van der Waals surface area contributed by atoms with E-state index >= 15 is 0 Å². The molecule has 1 heterocycles. The summed E-state index contributed by atoms with van der Waals surface area (Å²) in [5.74, 6) is 0. The Morgan fingerprint density at radius 2 is 2.38 bits per heavy atom. The van der Waals surface area contributed by atoms with Gasteiger partial charge in [-0.2, -0.15) is 0 Å². The highest BCUT2D eigenvalue weighted by molar-refractivity contribution is 7.09. The predicted octanol–water partition coefficient (Wildman–Crippen LogP) is 2.71. The number of nitrogens with one attached hydrogen (secondary N) is 1. The van der Waals surface area contributed by atoms with Gasteiger partial charge < -0.3 is 5.32 Å². The molecule has 1 aliphatic rings. The smallest absolute Gasteiger partial charge is 0.0300 e. The minimum atomic E-state index is 0.664. The zero-order valence-electron chi connectivity index (χ0n) is 10.3. The van der Waals surface area contributed by atoms with Crippen LogP contribution in [0.15, 0.2) is 17.5 Å². The first kappa shape index (κ1) is 12.1. The average molecular weight is 238 g/mol. The molecule has 2 nitrogen and oxygen atoms in total. The predicted molar refractivity (Wildman–Crippen MR) is 70.9 cm³/mol. The minimum Gasteiger partial charge on any atom is -0.310 e.